The van der Waals surface area contributed by atoms with Crippen molar-refractivity contribution in [2.24, 2.45) is 0 Å². The average molecular weight is 248 g/mol. The van der Waals surface area contributed by atoms with Crippen LogP contribution in [0.1, 0.15) is 35.2 Å². The second kappa shape index (κ2) is 5.67. The minimum atomic E-state index is -0.302. The van der Waals surface area contributed by atoms with E-state index in [1.54, 1.807) is 6.07 Å². The number of hydrogen-bond donors (Lipinski definition) is 0. The van der Waals surface area contributed by atoms with Gasteiger partial charge >= 0.3 is 5.97 Å². The molecule has 0 unspecified atom stereocenters. The molecule has 1 aromatic carbocycles. The molecular weight excluding hydrogens is 232 g/mol. The Morgan fingerprint density at radius 3 is 2.94 bits per heavy atom. The third kappa shape index (κ3) is 2.88. The minimum Gasteiger partial charge on any atom is -0.493 e. The fourth-order valence-corrected chi connectivity index (χ4v) is 2.05. The molecule has 0 radical (unpaired) electrons. The van der Waals surface area contributed by atoms with Crippen LogP contribution in [0.15, 0.2) is 18.2 Å². The highest BCUT2D eigenvalue weighted by molar-refractivity contribution is 5.98. The van der Waals surface area contributed by atoms with Crippen molar-refractivity contribution < 1.29 is 19.1 Å². The number of esters is 1. The van der Waals surface area contributed by atoms with E-state index in [0.29, 0.717) is 12.2 Å². The zero-order valence-corrected chi connectivity index (χ0v) is 10.4. The maximum atomic E-state index is 11.7. The van der Waals surface area contributed by atoms with Crippen molar-refractivity contribution in [2.75, 3.05) is 13.7 Å². The number of rotatable bonds is 4. The van der Waals surface area contributed by atoms with E-state index in [1.807, 2.05) is 12.1 Å². The summed E-state index contributed by atoms with van der Waals surface area (Å²) < 4.78 is 9.96. The van der Waals surface area contributed by atoms with Crippen molar-refractivity contribution in [3.63, 3.8) is 0 Å². The SMILES string of the molecule is COC(=O)CCOc1ccc2c(c1)C(=O)CCC2. The summed E-state index contributed by atoms with van der Waals surface area (Å²) in [7, 11) is 1.35. The van der Waals surface area contributed by atoms with E-state index >= 15 is 0 Å². The van der Waals surface area contributed by atoms with Crippen molar-refractivity contribution >= 4 is 11.8 Å². The molecule has 1 aliphatic carbocycles. The van der Waals surface area contributed by atoms with E-state index in [-0.39, 0.29) is 24.8 Å². The van der Waals surface area contributed by atoms with Gasteiger partial charge in [-0.05, 0) is 30.5 Å². The van der Waals surface area contributed by atoms with E-state index < -0.39 is 0 Å². The fourth-order valence-electron chi connectivity index (χ4n) is 2.05. The highest BCUT2D eigenvalue weighted by atomic mass is 16.5. The summed E-state index contributed by atoms with van der Waals surface area (Å²) in [5, 5.41) is 0. The largest absolute Gasteiger partial charge is 0.493 e. The van der Waals surface area contributed by atoms with Gasteiger partial charge in [0, 0.05) is 12.0 Å². The van der Waals surface area contributed by atoms with Crippen LogP contribution < -0.4 is 4.74 Å². The summed E-state index contributed by atoms with van der Waals surface area (Å²) >= 11 is 0. The first-order valence-corrected chi connectivity index (χ1v) is 6.06. The van der Waals surface area contributed by atoms with Gasteiger partial charge in [-0.1, -0.05) is 6.07 Å². The van der Waals surface area contributed by atoms with Gasteiger partial charge in [-0.2, -0.15) is 0 Å². The summed E-state index contributed by atoms with van der Waals surface area (Å²) in [6, 6.07) is 5.54. The lowest BCUT2D eigenvalue weighted by Gasteiger charge is -2.15. The Morgan fingerprint density at radius 2 is 2.17 bits per heavy atom. The van der Waals surface area contributed by atoms with Gasteiger partial charge < -0.3 is 9.47 Å². The van der Waals surface area contributed by atoms with Crippen molar-refractivity contribution in [1.82, 2.24) is 0 Å². The number of ether oxygens (including phenoxy) is 2. The third-order valence-corrected chi connectivity index (χ3v) is 3.03. The van der Waals surface area contributed by atoms with Gasteiger partial charge in [0.25, 0.3) is 0 Å². The molecule has 0 fully saturated rings. The van der Waals surface area contributed by atoms with Gasteiger partial charge in [0.2, 0.25) is 0 Å². The van der Waals surface area contributed by atoms with Crippen LogP contribution in [0.4, 0.5) is 0 Å². The average Bonchev–Trinajstić information content (AvgIpc) is 2.39. The lowest BCUT2D eigenvalue weighted by molar-refractivity contribution is -0.141. The van der Waals surface area contributed by atoms with Crippen LogP contribution in [-0.2, 0) is 16.0 Å². The van der Waals surface area contributed by atoms with E-state index in [0.717, 1.165) is 24.0 Å². The lowest BCUT2D eigenvalue weighted by atomic mass is 9.90. The van der Waals surface area contributed by atoms with Crippen LogP contribution in [0, 0.1) is 0 Å². The Balaban J connectivity index is 2.00. The summed E-state index contributed by atoms with van der Waals surface area (Å²) in [5.74, 6) is 0.506. The van der Waals surface area contributed by atoms with Crippen LogP contribution in [-0.4, -0.2) is 25.5 Å². The van der Waals surface area contributed by atoms with Crippen molar-refractivity contribution in [1.29, 1.82) is 0 Å². The molecule has 0 atom stereocenters. The molecule has 0 amide bonds. The molecule has 96 valence electrons. The molecule has 0 aliphatic heterocycles. The highest BCUT2D eigenvalue weighted by Crippen LogP contribution is 2.25. The summed E-state index contributed by atoms with van der Waals surface area (Å²) in [4.78, 5) is 22.7. The first-order valence-electron chi connectivity index (χ1n) is 6.06. The molecule has 0 saturated carbocycles. The molecule has 2 rings (SSSR count). The zero-order valence-electron chi connectivity index (χ0n) is 10.4. The van der Waals surface area contributed by atoms with Crippen molar-refractivity contribution in [3.8, 4) is 5.75 Å². The highest BCUT2D eigenvalue weighted by Gasteiger charge is 2.17. The number of carbonyl (C=O) groups is 2. The molecular formula is C14H16O4. The van der Waals surface area contributed by atoms with Gasteiger partial charge in [0.1, 0.15) is 5.75 Å². The number of methoxy groups -OCH3 is 1. The van der Waals surface area contributed by atoms with Crippen molar-refractivity contribution in [2.45, 2.75) is 25.7 Å². The molecule has 0 bridgehead atoms. The zero-order chi connectivity index (χ0) is 13.0. The number of benzene rings is 1. The van der Waals surface area contributed by atoms with E-state index in [1.165, 1.54) is 7.11 Å². The maximum absolute atomic E-state index is 11.7. The Labute approximate surface area is 106 Å². The molecule has 4 heteroatoms. The molecule has 1 aromatic rings. The van der Waals surface area contributed by atoms with Gasteiger partial charge in [0.05, 0.1) is 20.1 Å². The predicted octanol–water partition coefficient (Wildman–Crippen LogP) is 2.15. The second-order valence-electron chi connectivity index (χ2n) is 4.27. The lowest BCUT2D eigenvalue weighted by Crippen LogP contribution is -2.12. The smallest absolute Gasteiger partial charge is 0.308 e. The molecule has 18 heavy (non-hydrogen) atoms. The number of ketones is 1. The van der Waals surface area contributed by atoms with Crippen LogP contribution >= 0.6 is 0 Å². The van der Waals surface area contributed by atoms with Crippen LogP contribution in [0.3, 0.4) is 0 Å². The normalized spacial score (nSPS) is 13.9. The van der Waals surface area contributed by atoms with Gasteiger partial charge in [0.15, 0.2) is 5.78 Å². The molecule has 1 aliphatic rings. The maximum Gasteiger partial charge on any atom is 0.308 e. The van der Waals surface area contributed by atoms with Gasteiger partial charge in [-0.3, -0.25) is 9.59 Å². The fraction of sp³-hybridized carbons (Fsp3) is 0.429. The first-order chi connectivity index (χ1) is 8.70. The molecule has 0 saturated heterocycles. The third-order valence-electron chi connectivity index (χ3n) is 3.03. The monoisotopic (exact) mass is 248 g/mol. The molecule has 0 spiro atoms. The standard InChI is InChI=1S/C14H16O4/c1-17-14(16)7-8-18-11-6-5-10-3-2-4-13(15)12(10)9-11/h5-6,9H,2-4,7-8H2,1H3. The summed E-state index contributed by atoms with van der Waals surface area (Å²) in [6.07, 6.45) is 2.69. The minimum absolute atomic E-state index is 0.176. The van der Waals surface area contributed by atoms with E-state index in [9.17, 15) is 9.59 Å². The van der Waals surface area contributed by atoms with Gasteiger partial charge in [-0.15, -0.1) is 0 Å². The first kappa shape index (κ1) is 12.6. The van der Waals surface area contributed by atoms with E-state index in [4.69, 9.17) is 4.74 Å². The Morgan fingerprint density at radius 1 is 1.33 bits per heavy atom. The number of fused-ring (bicyclic) bond motifs is 1. The number of Topliss-reactive ketones (excluding diaryl/α,β-unsaturated/α-hetero) is 1. The number of aryl methyl sites for hydroxylation is 1. The number of carbonyl (C=O) groups excluding carboxylic acids is 2. The Kier molecular flexibility index (Phi) is 3.97. The molecule has 4 nitrogen and oxygen atoms in total. The van der Waals surface area contributed by atoms with Crippen molar-refractivity contribution in [3.05, 3.63) is 29.3 Å². The Bertz CT molecular complexity index is 465. The quantitative estimate of drug-likeness (QED) is 0.766. The molecule has 0 N–H and O–H groups in total. The Hall–Kier alpha value is -1.84. The van der Waals surface area contributed by atoms with Crippen LogP contribution in [0.5, 0.6) is 5.75 Å². The summed E-state index contributed by atoms with van der Waals surface area (Å²) in [5.41, 5.74) is 1.85. The molecule has 0 aromatic heterocycles. The van der Waals surface area contributed by atoms with Crippen LogP contribution in [0.25, 0.3) is 0 Å². The predicted molar refractivity (Wildman–Crippen MR) is 65.8 cm³/mol. The summed E-state index contributed by atoms with van der Waals surface area (Å²) in [6.45, 7) is 0.264. The van der Waals surface area contributed by atoms with E-state index in [2.05, 4.69) is 4.74 Å². The topological polar surface area (TPSA) is 52.6 Å². The number of hydrogen-bond acceptors (Lipinski definition) is 4. The molecule has 0 heterocycles. The second-order valence-corrected chi connectivity index (χ2v) is 4.27. The van der Waals surface area contributed by atoms with Gasteiger partial charge in [-0.25, -0.2) is 0 Å². The van der Waals surface area contributed by atoms with Crippen LogP contribution in [0.2, 0.25) is 0 Å².